The van der Waals surface area contributed by atoms with E-state index in [0.717, 1.165) is 5.69 Å². The van der Waals surface area contributed by atoms with Crippen LogP contribution in [0.4, 0.5) is 5.82 Å². The standard InChI is InChI=1S/C21H25N3O3S/c1-6-14-19(23(5)20(26)16-10-8-12-28-16)24-11-7-9-15(18(24)22-14)27-13-17(25)21(2,3)4/h7-12H,6,13H2,1-5H3. The maximum atomic E-state index is 12.8. The smallest absolute Gasteiger partial charge is 0.269 e. The van der Waals surface area contributed by atoms with Crippen molar-refractivity contribution in [2.75, 3.05) is 18.6 Å². The zero-order valence-electron chi connectivity index (χ0n) is 16.9. The molecule has 0 bridgehead atoms. The summed E-state index contributed by atoms with van der Waals surface area (Å²) < 4.78 is 7.65. The number of ketones is 1. The van der Waals surface area contributed by atoms with Gasteiger partial charge in [-0.15, -0.1) is 11.3 Å². The van der Waals surface area contributed by atoms with Gasteiger partial charge in [0, 0.05) is 18.7 Å². The Hall–Kier alpha value is -2.67. The zero-order valence-corrected chi connectivity index (χ0v) is 17.7. The zero-order chi connectivity index (χ0) is 20.5. The number of hydrogen-bond donors (Lipinski definition) is 0. The molecular formula is C21H25N3O3S. The lowest BCUT2D eigenvalue weighted by atomic mass is 9.91. The molecule has 3 aromatic heterocycles. The number of carbonyl (C=O) groups excluding carboxylic acids is 2. The lowest BCUT2D eigenvalue weighted by Gasteiger charge is -2.18. The van der Waals surface area contributed by atoms with Gasteiger partial charge in [-0.3, -0.25) is 18.9 Å². The van der Waals surface area contributed by atoms with Crippen molar-refractivity contribution in [1.82, 2.24) is 9.38 Å². The van der Waals surface area contributed by atoms with Gasteiger partial charge in [0.1, 0.15) is 12.4 Å². The van der Waals surface area contributed by atoms with Gasteiger partial charge in [-0.05, 0) is 30.0 Å². The first-order valence-corrected chi connectivity index (χ1v) is 10.1. The number of ether oxygens (including phenoxy) is 1. The number of imidazole rings is 1. The van der Waals surface area contributed by atoms with Gasteiger partial charge in [-0.1, -0.05) is 33.8 Å². The molecule has 3 aromatic rings. The second-order valence-electron chi connectivity index (χ2n) is 7.61. The van der Waals surface area contributed by atoms with E-state index in [4.69, 9.17) is 9.72 Å². The van der Waals surface area contributed by atoms with Crippen LogP contribution in [-0.2, 0) is 11.2 Å². The van der Waals surface area contributed by atoms with E-state index < -0.39 is 5.41 Å². The quantitative estimate of drug-likeness (QED) is 0.622. The second kappa shape index (κ2) is 7.75. The Morgan fingerprint density at radius 2 is 2.00 bits per heavy atom. The fraction of sp³-hybridized carbons (Fsp3) is 0.381. The summed E-state index contributed by atoms with van der Waals surface area (Å²) in [7, 11) is 1.75. The largest absolute Gasteiger partial charge is 0.482 e. The number of anilines is 1. The molecule has 0 N–H and O–H groups in total. The van der Waals surface area contributed by atoms with E-state index >= 15 is 0 Å². The van der Waals surface area contributed by atoms with Crippen molar-refractivity contribution >= 4 is 34.5 Å². The molecule has 0 fully saturated rings. The van der Waals surface area contributed by atoms with E-state index in [1.165, 1.54) is 11.3 Å². The topological polar surface area (TPSA) is 63.9 Å². The van der Waals surface area contributed by atoms with Crippen molar-refractivity contribution in [3.05, 3.63) is 46.4 Å². The normalized spacial score (nSPS) is 11.6. The summed E-state index contributed by atoms with van der Waals surface area (Å²) in [5, 5.41) is 1.88. The minimum atomic E-state index is -0.465. The van der Waals surface area contributed by atoms with E-state index in [0.29, 0.717) is 28.5 Å². The highest BCUT2D eigenvalue weighted by atomic mass is 32.1. The predicted octanol–water partition coefficient (Wildman–Crippen LogP) is 4.23. The summed E-state index contributed by atoms with van der Waals surface area (Å²) in [5.41, 5.74) is 0.931. The molecule has 0 radical (unpaired) electrons. The van der Waals surface area contributed by atoms with E-state index in [-0.39, 0.29) is 18.3 Å². The predicted molar refractivity (Wildman–Crippen MR) is 112 cm³/mol. The van der Waals surface area contributed by atoms with Crippen molar-refractivity contribution < 1.29 is 14.3 Å². The van der Waals surface area contributed by atoms with Crippen LogP contribution in [-0.4, -0.2) is 34.7 Å². The maximum absolute atomic E-state index is 12.8. The molecule has 28 heavy (non-hydrogen) atoms. The minimum absolute atomic E-state index is 0.0157. The average Bonchev–Trinajstić information content (AvgIpc) is 3.31. The van der Waals surface area contributed by atoms with E-state index in [9.17, 15) is 9.59 Å². The molecule has 0 unspecified atom stereocenters. The molecule has 0 aliphatic rings. The Bertz CT molecular complexity index is 1000. The first-order chi connectivity index (χ1) is 13.2. The number of thiophene rings is 1. The van der Waals surface area contributed by atoms with Crippen molar-refractivity contribution in [2.24, 2.45) is 5.41 Å². The number of carbonyl (C=O) groups is 2. The summed E-state index contributed by atoms with van der Waals surface area (Å²) >= 11 is 1.41. The summed E-state index contributed by atoms with van der Waals surface area (Å²) in [5.74, 6) is 1.17. The van der Waals surface area contributed by atoms with Crippen LogP contribution in [0.15, 0.2) is 35.8 Å². The number of Topliss-reactive ketones (excluding diaryl/α,β-unsaturated/α-hetero) is 1. The first-order valence-electron chi connectivity index (χ1n) is 9.21. The molecule has 7 heteroatoms. The van der Waals surface area contributed by atoms with Gasteiger partial charge in [0.25, 0.3) is 5.91 Å². The molecule has 0 aromatic carbocycles. The molecule has 6 nitrogen and oxygen atoms in total. The number of aromatic nitrogens is 2. The summed E-state index contributed by atoms with van der Waals surface area (Å²) in [6.45, 7) is 7.59. The second-order valence-corrected chi connectivity index (χ2v) is 8.55. The fourth-order valence-electron chi connectivity index (χ4n) is 2.80. The van der Waals surface area contributed by atoms with Gasteiger partial charge in [-0.2, -0.15) is 0 Å². The van der Waals surface area contributed by atoms with E-state index in [2.05, 4.69) is 0 Å². The molecular weight excluding hydrogens is 374 g/mol. The highest BCUT2D eigenvalue weighted by molar-refractivity contribution is 7.12. The Kier molecular flexibility index (Phi) is 5.56. The maximum Gasteiger partial charge on any atom is 0.269 e. The summed E-state index contributed by atoms with van der Waals surface area (Å²) in [6, 6.07) is 7.30. The number of amides is 1. The molecule has 0 atom stereocenters. The Labute approximate surface area is 168 Å². The third-order valence-electron chi connectivity index (χ3n) is 4.54. The molecule has 3 heterocycles. The van der Waals surface area contributed by atoms with Crippen molar-refractivity contribution in [1.29, 1.82) is 0 Å². The number of fused-ring (bicyclic) bond motifs is 1. The molecule has 3 rings (SSSR count). The molecule has 0 aliphatic heterocycles. The Morgan fingerprint density at radius 3 is 2.61 bits per heavy atom. The van der Waals surface area contributed by atoms with Crippen LogP contribution in [0.5, 0.6) is 5.75 Å². The first kappa shape index (κ1) is 20.1. The number of aryl methyl sites for hydroxylation is 1. The van der Waals surface area contributed by atoms with Gasteiger partial charge in [0.05, 0.1) is 10.6 Å². The van der Waals surface area contributed by atoms with Gasteiger partial charge < -0.3 is 4.74 Å². The highest BCUT2D eigenvalue weighted by Crippen LogP contribution is 2.29. The molecule has 148 valence electrons. The van der Waals surface area contributed by atoms with Crippen molar-refractivity contribution in [3.63, 3.8) is 0 Å². The monoisotopic (exact) mass is 399 g/mol. The Morgan fingerprint density at radius 1 is 1.25 bits per heavy atom. The van der Waals surface area contributed by atoms with E-state index in [1.807, 2.05) is 61.9 Å². The molecule has 0 aliphatic carbocycles. The SMILES string of the molecule is CCc1nc2c(OCC(=O)C(C)(C)C)cccn2c1N(C)C(=O)c1cccs1. The van der Waals surface area contributed by atoms with Gasteiger partial charge in [-0.25, -0.2) is 4.98 Å². The third kappa shape index (κ3) is 3.80. The van der Waals surface area contributed by atoms with E-state index in [1.54, 1.807) is 18.0 Å². The van der Waals surface area contributed by atoms with Crippen LogP contribution in [0.3, 0.4) is 0 Å². The lowest BCUT2D eigenvalue weighted by molar-refractivity contribution is -0.128. The number of hydrogen-bond acceptors (Lipinski definition) is 5. The molecule has 0 spiro atoms. The van der Waals surface area contributed by atoms with Gasteiger partial charge in [0.15, 0.2) is 17.2 Å². The average molecular weight is 400 g/mol. The Balaban J connectivity index is 1.98. The molecule has 0 saturated carbocycles. The number of rotatable bonds is 6. The van der Waals surface area contributed by atoms with Crippen LogP contribution in [0.1, 0.15) is 43.1 Å². The molecule has 0 saturated heterocycles. The highest BCUT2D eigenvalue weighted by Gasteiger charge is 2.25. The van der Waals surface area contributed by atoms with Gasteiger partial charge in [0.2, 0.25) is 0 Å². The summed E-state index contributed by atoms with van der Waals surface area (Å²) in [4.78, 5) is 32.1. The van der Waals surface area contributed by atoms with Gasteiger partial charge >= 0.3 is 0 Å². The molecule has 1 amide bonds. The number of pyridine rings is 1. The van der Waals surface area contributed by atoms with Crippen LogP contribution < -0.4 is 9.64 Å². The summed E-state index contributed by atoms with van der Waals surface area (Å²) in [6.07, 6.45) is 2.52. The lowest BCUT2D eigenvalue weighted by Crippen LogP contribution is -2.27. The third-order valence-corrected chi connectivity index (χ3v) is 5.40. The van der Waals surface area contributed by atoms with Crippen LogP contribution in [0.2, 0.25) is 0 Å². The fourth-order valence-corrected chi connectivity index (χ4v) is 3.50. The van der Waals surface area contributed by atoms with Crippen LogP contribution >= 0.6 is 11.3 Å². The minimum Gasteiger partial charge on any atom is -0.482 e. The van der Waals surface area contributed by atoms with Crippen molar-refractivity contribution in [2.45, 2.75) is 34.1 Å². The van der Waals surface area contributed by atoms with Crippen molar-refractivity contribution in [3.8, 4) is 5.75 Å². The number of nitrogens with zero attached hydrogens (tertiary/aromatic N) is 3. The van der Waals surface area contributed by atoms with Crippen LogP contribution in [0, 0.1) is 5.41 Å². The van der Waals surface area contributed by atoms with Crippen LogP contribution in [0.25, 0.3) is 5.65 Å².